The first-order chi connectivity index (χ1) is 4.81. The highest BCUT2D eigenvalue weighted by molar-refractivity contribution is 6.21. The summed E-state index contributed by atoms with van der Waals surface area (Å²) in [4.78, 5) is 0. The number of rotatable bonds is 0. The molecule has 58 valence electrons. The topological polar surface area (TPSA) is 12.0 Å². The Morgan fingerprint density at radius 3 is 2.30 bits per heavy atom. The standard InChI is InChI=1S/C8H14ClN/c9-7-5-8(6-7)1-3-10-4-2-8/h7,10H,1-6H2. The highest BCUT2D eigenvalue weighted by Crippen LogP contribution is 2.50. The second kappa shape index (κ2) is 2.38. The molecule has 0 aromatic heterocycles. The van der Waals surface area contributed by atoms with Crippen LogP contribution in [0.3, 0.4) is 0 Å². The molecule has 10 heavy (non-hydrogen) atoms. The molecule has 1 saturated heterocycles. The van der Waals surface area contributed by atoms with Crippen molar-refractivity contribution in [3.05, 3.63) is 0 Å². The maximum absolute atomic E-state index is 5.95. The summed E-state index contributed by atoms with van der Waals surface area (Å²) in [6.45, 7) is 2.42. The minimum absolute atomic E-state index is 0.498. The fraction of sp³-hybridized carbons (Fsp3) is 1.00. The lowest BCUT2D eigenvalue weighted by Crippen LogP contribution is -2.45. The van der Waals surface area contributed by atoms with Gasteiger partial charge in [-0.05, 0) is 44.2 Å². The Labute approximate surface area is 67.1 Å². The first-order valence-corrected chi connectivity index (χ1v) is 4.59. The van der Waals surface area contributed by atoms with Gasteiger partial charge in [0.1, 0.15) is 0 Å². The van der Waals surface area contributed by atoms with E-state index in [1.807, 2.05) is 0 Å². The number of hydrogen-bond donors (Lipinski definition) is 1. The third-order valence-corrected chi connectivity index (χ3v) is 3.28. The molecule has 2 aliphatic rings. The maximum atomic E-state index is 5.95. The fourth-order valence-corrected chi connectivity index (χ4v) is 2.90. The van der Waals surface area contributed by atoms with Crippen LogP contribution in [0, 0.1) is 5.41 Å². The molecule has 0 aromatic rings. The van der Waals surface area contributed by atoms with Gasteiger partial charge < -0.3 is 5.32 Å². The molecule has 1 aliphatic carbocycles. The zero-order valence-electron chi connectivity index (χ0n) is 6.20. The van der Waals surface area contributed by atoms with Gasteiger partial charge in [-0.3, -0.25) is 0 Å². The molecule has 1 N–H and O–H groups in total. The van der Waals surface area contributed by atoms with E-state index in [-0.39, 0.29) is 0 Å². The van der Waals surface area contributed by atoms with Crippen LogP contribution >= 0.6 is 11.6 Å². The molecule has 0 aromatic carbocycles. The number of nitrogens with one attached hydrogen (secondary N) is 1. The molecule has 2 rings (SSSR count). The molecule has 0 unspecified atom stereocenters. The normalized spacial score (nSPS) is 32.1. The van der Waals surface area contributed by atoms with Gasteiger partial charge in [0.25, 0.3) is 0 Å². The summed E-state index contributed by atoms with van der Waals surface area (Å²) in [6.07, 6.45) is 5.26. The van der Waals surface area contributed by atoms with E-state index in [1.54, 1.807) is 0 Å². The summed E-state index contributed by atoms with van der Waals surface area (Å²) < 4.78 is 0. The van der Waals surface area contributed by atoms with Crippen molar-refractivity contribution >= 4 is 11.6 Å². The molecule has 2 fully saturated rings. The summed E-state index contributed by atoms with van der Waals surface area (Å²) >= 11 is 5.95. The number of halogens is 1. The predicted molar refractivity (Wildman–Crippen MR) is 43.4 cm³/mol. The van der Waals surface area contributed by atoms with Crippen molar-refractivity contribution < 1.29 is 0 Å². The fourth-order valence-electron chi connectivity index (χ4n) is 2.25. The second-order valence-electron chi connectivity index (χ2n) is 3.76. The van der Waals surface area contributed by atoms with Crippen LogP contribution < -0.4 is 5.32 Å². The van der Waals surface area contributed by atoms with Crippen LogP contribution in [-0.2, 0) is 0 Å². The molecular formula is C8H14ClN. The van der Waals surface area contributed by atoms with Gasteiger partial charge in [-0.1, -0.05) is 0 Å². The molecule has 1 heterocycles. The van der Waals surface area contributed by atoms with Crippen molar-refractivity contribution in [3.8, 4) is 0 Å². The van der Waals surface area contributed by atoms with Crippen molar-refractivity contribution in [1.82, 2.24) is 5.32 Å². The summed E-state index contributed by atoms with van der Waals surface area (Å²) in [5, 5.41) is 3.88. The first kappa shape index (κ1) is 6.93. The molecule has 1 saturated carbocycles. The minimum atomic E-state index is 0.498. The summed E-state index contributed by atoms with van der Waals surface area (Å²) in [7, 11) is 0. The Bertz CT molecular complexity index is 114. The molecule has 1 nitrogen and oxygen atoms in total. The Hall–Kier alpha value is 0.250. The molecule has 1 spiro atoms. The van der Waals surface area contributed by atoms with Crippen LogP contribution in [0.2, 0.25) is 0 Å². The third-order valence-electron chi connectivity index (χ3n) is 2.97. The predicted octanol–water partition coefficient (Wildman–Crippen LogP) is 1.76. The molecule has 0 atom stereocenters. The number of alkyl halides is 1. The van der Waals surface area contributed by atoms with Crippen molar-refractivity contribution in [2.45, 2.75) is 31.1 Å². The second-order valence-corrected chi connectivity index (χ2v) is 4.37. The SMILES string of the molecule is ClC1CC2(CCNCC2)C1. The van der Waals surface area contributed by atoms with Crippen molar-refractivity contribution in [2.24, 2.45) is 5.41 Å². The highest BCUT2D eigenvalue weighted by atomic mass is 35.5. The van der Waals surface area contributed by atoms with Crippen LogP contribution in [0.5, 0.6) is 0 Å². The lowest BCUT2D eigenvalue weighted by atomic mass is 9.63. The molecule has 0 amide bonds. The average molecular weight is 160 g/mol. The molecule has 2 heteroatoms. The van der Waals surface area contributed by atoms with Gasteiger partial charge in [-0.25, -0.2) is 0 Å². The lowest BCUT2D eigenvalue weighted by molar-refractivity contribution is 0.0914. The van der Waals surface area contributed by atoms with E-state index >= 15 is 0 Å². The Balaban J connectivity index is 1.90. The Morgan fingerprint density at radius 2 is 1.80 bits per heavy atom. The van der Waals surface area contributed by atoms with Gasteiger partial charge in [0.2, 0.25) is 0 Å². The van der Waals surface area contributed by atoms with E-state index in [0.29, 0.717) is 10.8 Å². The Kier molecular flexibility index (Phi) is 1.65. The largest absolute Gasteiger partial charge is 0.317 e. The number of hydrogen-bond acceptors (Lipinski definition) is 1. The summed E-state index contributed by atoms with van der Waals surface area (Å²) in [6, 6.07) is 0. The van der Waals surface area contributed by atoms with E-state index in [2.05, 4.69) is 5.32 Å². The zero-order valence-corrected chi connectivity index (χ0v) is 6.95. The van der Waals surface area contributed by atoms with Crippen LogP contribution in [0.15, 0.2) is 0 Å². The van der Waals surface area contributed by atoms with Crippen LogP contribution in [0.4, 0.5) is 0 Å². The van der Waals surface area contributed by atoms with E-state index in [9.17, 15) is 0 Å². The van der Waals surface area contributed by atoms with Gasteiger partial charge in [0.05, 0.1) is 0 Å². The van der Waals surface area contributed by atoms with Gasteiger partial charge in [-0.2, -0.15) is 0 Å². The van der Waals surface area contributed by atoms with E-state index in [0.717, 1.165) is 0 Å². The Morgan fingerprint density at radius 1 is 1.20 bits per heavy atom. The van der Waals surface area contributed by atoms with Crippen molar-refractivity contribution in [1.29, 1.82) is 0 Å². The van der Waals surface area contributed by atoms with Crippen molar-refractivity contribution in [3.63, 3.8) is 0 Å². The molecule has 1 aliphatic heterocycles. The van der Waals surface area contributed by atoms with Crippen LogP contribution in [-0.4, -0.2) is 18.5 Å². The molecular weight excluding hydrogens is 146 g/mol. The van der Waals surface area contributed by atoms with Gasteiger partial charge in [-0.15, -0.1) is 11.6 Å². The van der Waals surface area contributed by atoms with Crippen molar-refractivity contribution in [2.75, 3.05) is 13.1 Å². The average Bonchev–Trinajstić information content (AvgIpc) is 1.87. The quantitative estimate of drug-likeness (QED) is 0.532. The van der Waals surface area contributed by atoms with Crippen LogP contribution in [0.1, 0.15) is 25.7 Å². The number of piperidine rings is 1. The summed E-state index contributed by atoms with van der Waals surface area (Å²) in [5.74, 6) is 0. The zero-order chi connectivity index (χ0) is 7.03. The van der Waals surface area contributed by atoms with E-state index in [4.69, 9.17) is 11.6 Å². The van der Waals surface area contributed by atoms with Gasteiger partial charge in [0.15, 0.2) is 0 Å². The van der Waals surface area contributed by atoms with Crippen LogP contribution in [0.25, 0.3) is 0 Å². The monoisotopic (exact) mass is 159 g/mol. The highest BCUT2D eigenvalue weighted by Gasteiger charge is 2.43. The third kappa shape index (κ3) is 1.06. The lowest BCUT2D eigenvalue weighted by Gasteiger charge is -2.48. The first-order valence-electron chi connectivity index (χ1n) is 4.16. The van der Waals surface area contributed by atoms with Gasteiger partial charge >= 0.3 is 0 Å². The minimum Gasteiger partial charge on any atom is -0.317 e. The summed E-state index contributed by atoms with van der Waals surface area (Å²) in [5.41, 5.74) is 0.678. The maximum Gasteiger partial charge on any atom is 0.0346 e. The molecule has 0 radical (unpaired) electrons. The van der Waals surface area contributed by atoms with E-state index in [1.165, 1.54) is 38.8 Å². The molecule has 0 bridgehead atoms. The van der Waals surface area contributed by atoms with Gasteiger partial charge in [0, 0.05) is 5.38 Å². The van der Waals surface area contributed by atoms with E-state index < -0.39 is 0 Å². The smallest absolute Gasteiger partial charge is 0.0346 e.